The molecule has 0 aromatic heterocycles. The van der Waals surface area contributed by atoms with E-state index in [1.807, 2.05) is 13.0 Å². The van der Waals surface area contributed by atoms with Crippen LogP contribution in [0.1, 0.15) is 30.9 Å². The highest BCUT2D eigenvalue weighted by Crippen LogP contribution is 2.28. The van der Waals surface area contributed by atoms with Gasteiger partial charge in [-0.25, -0.2) is 9.38 Å². The number of hydrogen-bond acceptors (Lipinski definition) is 3. The molecule has 0 atom stereocenters. The third-order valence-corrected chi connectivity index (χ3v) is 3.60. The summed E-state index contributed by atoms with van der Waals surface area (Å²) >= 11 is 0. The minimum Gasteiger partial charge on any atom is -0.357 e. The van der Waals surface area contributed by atoms with Crippen molar-refractivity contribution in [1.29, 1.82) is 5.26 Å². The van der Waals surface area contributed by atoms with Crippen LogP contribution in [0.15, 0.2) is 23.2 Å². The molecule has 128 valence electrons. The fourth-order valence-electron chi connectivity index (χ4n) is 2.11. The van der Waals surface area contributed by atoms with Gasteiger partial charge in [-0.05, 0) is 31.9 Å². The lowest BCUT2D eigenvalue weighted by molar-refractivity contribution is -0.122. The summed E-state index contributed by atoms with van der Waals surface area (Å²) in [7, 11) is 0. The highest BCUT2D eigenvalue weighted by atomic mass is 19.1. The molecule has 0 radical (unpaired) electrons. The molecule has 24 heavy (non-hydrogen) atoms. The average Bonchev–Trinajstić information content (AvgIpc) is 3.42. The summed E-state index contributed by atoms with van der Waals surface area (Å²) in [5.74, 6) is 0.428. The van der Waals surface area contributed by atoms with Gasteiger partial charge in [0.25, 0.3) is 0 Å². The molecular formula is C17H22FN5O. The lowest BCUT2D eigenvalue weighted by Gasteiger charge is -2.12. The molecule has 1 fully saturated rings. The quantitative estimate of drug-likeness (QED) is 0.399. The predicted molar refractivity (Wildman–Crippen MR) is 89.7 cm³/mol. The summed E-state index contributed by atoms with van der Waals surface area (Å²) in [6, 6.07) is 6.25. The van der Waals surface area contributed by atoms with Crippen molar-refractivity contribution in [2.75, 3.05) is 19.6 Å². The lowest BCUT2D eigenvalue weighted by Crippen LogP contribution is -2.41. The van der Waals surface area contributed by atoms with Gasteiger partial charge in [0.2, 0.25) is 5.91 Å². The molecule has 3 N–H and O–H groups in total. The Kier molecular flexibility index (Phi) is 6.55. The van der Waals surface area contributed by atoms with E-state index in [1.165, 1.54) is 6.07 Å². The van der Waals surface area contributed by atoms with Gasteiger partial charge in [0.1, 0.15) is 5.82 Å². The number of hydrogen-bond donors (Lipinski definition) is 3. The van der Waals surface area contributed by atoms with E-state index >= 15 is 0 Å². The highest BCUT2D eigenvalue weighted by Gasteiger charge is 2.28. The number of amides is 1. The van der Waals surface area contributed by atoms with Crippen molar-refractivity contribution in [2.24, 2.45) is 10.9 Å². The van der Waals surface area contributed by atoms with Crippen LogP contribution in [-0.2, 0) is 11.3 Å². The summed E-state index contributed by atoms with van der Waals surface area (Å²) in [4.78, 5) is 15.8. The van der Waals surface area contributed by atoms with E-state index in [9.17, 15) is 9.18 Å². The van der Waals surface area contributed by atoms with Crippen molar-refractivity contribution in [3.8, 4) is 6.07 Å². The number of carbonyl (C=O) groups is 1. The standard InChI is InChI=1S/C17H22FN5O/c1-2-20-17(22-8-7-21-16(24)13-5-6-13)23-11-14-4-3-12(10-19)9-15(14)18/h3-4,9,13H,2,5-8,11H2,1H3,(H,21,24)(H2,20,22,23). The molecule has 1 aromatic carbocycles. The fraction of sp³-hybridized carbons (Fsp3) is 0.471. The Balaban J connectivity index is 1.83. The number of benzene rings is 1. The molecular weight excluding hydrogens is 309 g/mol. The molecule has 0 unspecified atom stereocenters. The van der Waals surface area contributed by atoms with Gasteiger partial charge in [0.15, 0.2) is 5.96 Å². The first kappa shape index (κ1) is 17.7. The van der Waals surface area contributed by atoms with E-state index < -0.39 is 5.82 Å². The molecule has 1 saturated carbocycles. The van der Waals surface area contributed by atoms with Crippen LogP contribution >= 0.6 is 0 Å². The Morgan fingerprint density at radius 1 is 1.33 bits per heavy atom. The number of nitrogens with one attached hydrogen (secondary N) is 3. The Morgan fingerprint density at radius 3 is 2.71 bits per heavy atom. The monoisotopic (exact) mass is 331 g/mol. The first-order valence-corrected chi connectivity index (χ1v) is 8.12. The number of rotatable bonds is 7. The maximum atomic E-state index is 13.8. The SMILES string of the molecule is CCNC(=NCc1ccc(C#N)cc1F)NCCNC(=O)C1CC1. The second-order valence-electron chi connectivity index (χ2n) is 5.61. The Morgan fingerprint density at radius 2 is 2.08 bits per heavy atom. The van der Waals surface area contributed by atoms with Crippen molar-refractivity contribution in [2.45, 2.75) is 26.3 Å². The van der Waals surface area contributed by atoms with E-state index in [1.54, 1.807) is 12.1 Å². The molecule has 0 aliphatic heterocycles. The maximum Gasteiger partial charge on any atom is 0.223 e. The maximum absolute atomic E-state index is 13.8. The minimum absolute atomic E-state index is 0.110. The summed E-state index contributed by atoms with van der Waals surface area (Å²) in [5, 5.41) is 17.8. The first-order valence-electron chi connectivity index (χ1n) is 8.12. The van der Waals surface area contributed by atoms with Crippen LogP contribution in [0.2, 0.25) is 0 Å². The zero-order valence-corrected chi connectivity index (χ0v) is 13.7. The smallest absolute Gasteiger partial charge is 0.223 e. The molecule has 1 amide bonds. The molecule has 2 rings (SSSR count). The van der Waals surface area contributed by atoms with Gasteiger partial charge in [-0.15, -0.1) is 0 Å². The normalized spacial score (nSPS) is 14.0. The predicted octanol–water partition coefficient (Wildman–Crippen LogP) is 1.28. The molecule has 0 saturated heterocycles. The first-order chi connectivity index (χ1) is 11.6. The Hall–Kier alpha value is -2.62. The number of aliphatic imine (C=N–C) groups is 1. The zero-order chi connectivity index (χ0) is 17.4. The number of halogens is 1. The van der Waals surface area contributed by atoms with E-state index in [-0.39, 0.29) is 23.9 Å². The van der Waals surface area contributed by atoms with Crippen LogP contribution in [0.5, 0.6) is 0 Å². The van der Waals surface area contributed by atoms with Crippen LogP contribution in [-0.4, -0.2) is 31.5 Å². The zero-order valence-electron chi connectivity index (χ0n) is 13.7. The topological polar surface area (TPSA) is 89.3 Å². The van der Waals surface area contributed by atoms with E-state index in [2.05, 4.69) is 20.9 Å². The van der Waals surface area contributed by atoms with Crippen LogP contribution in [0.25, 0.3) is 0 Å². The largest absolute Gasteiger partial charge is 0.357 e. The van der Waals surface area contributed by atoms with Crippen LogP contribution in [0.3, 0.4) is 0 Å². The number of nitriles is 1. The Labute approximate surface area is 141 Å². The van der Waals surface area contributed by atoms with Crippen molar-refractivity contribution >= 4 is 11.9 Å². The van der Waals surface area contributed by atoms with Crippen LogP contribution in [0, 0.1) is 23.1 Å². The molecule has 0 bridgehead atoms. The molecule has 1 aliphatic rings. The number of nitrogens with zero attached hydrogens (tertiary/aromatic N) is 2. The number of guanidine groups is 1. The van der Waals surface area contributed by atoms with Gasteiger partial charge in [-0.2, -0.15) is 5.26 Å². The van der Waals surface area contributed by atoms with Gasteiger partial charge < -0.3 is 16.0 Å². The van der Waals surface area contributed by atoms with Crippen molar-refractivity contribution in [1.82, 2.24) is 16.0 Å². The molecule has 0 heterocycles. The van der Waals surface area contributed by atoms with Gasteiger partial charge in [0.05, 0.1) is 18.2 Å². The second-order valence-corrected chi connectivity index (χ2v) is 5.61. The summed E-state index contributed by atoms with van der Waals surface area (Å²) in [6.45, 7) is 3.84. The van der Waals surface area contributed by atoms with Gasteiger partial charge in [0, 0.05) is 31.1 Å². The summed E-state index contributed by atoms with van der Waals surface area (Å²) < 4.78 is 13.8. The fourth-order valence-corrected chi connectivity index (χ4v) is 2.11. The van der Waals surface area contributed by atoms with Crippen molar-refractivity contribution in [3.63, 3.8) is 0 Å². The Bertz CT molecular complexity index is 649. The molecule has 1 aromatic rings. The summed E-state index contributed by atoms with van der Waals surface area (Å²) in [6.07, 6.45) is 1.97. The van der Waals surface area contributed by atoms with Crippen LogP contribution in [0.4, 0.5) is 4.39 Å². The van der Waals surface area contributed by atoms with Crippen LogP contribution < -0.4 is 16.0 Å². The second kappa shape index (κ2) is 8.87. The van der Waals surface area contributed by atoms with E-state index in [4.69, 9.17) is 5.26 Å². The van der Waals surface area contributed by atoms with Gasteiger partial charge in [-0.3, -0.25) is 4.79 Å². The third-order valence-electron chi connectivity index (χ3n) is 3.60. The van der Waals surface area contributed by atoms with Gasteiger partial charge >= 0.3 is 0 Å². The third kappa shape index (κ3) is 5.54. The van der Waals surface area contributed by atoms with Crippen molar-refractivity contribution in [3.05, 3.63) is 35.1 Å². The summed E-state index contributed by atoms with van der Waals surface area (Å²) in [5.41, 5.74) is 0.713. The average molecular weight is 331 g/mol. The van der Waals surface area contributed by atoms with E-state index in [0.717, 1.165) is 12.8 Å². The molecule has 7 heteroatoms. The minimum atomic E-state index is -0.439. The molecule has 1 aliphatic carbocycles. The molecule has 6 nitrogen and oxygen atoms in total. The highest BCUT2D eigenvalue weighted by molar-refractivity contribution is 5.81. The molecule has 0 spiro atoms. The van der Waals surface area contributed by atoms with Gasteiger partial charge in [-0.1, -0.05) is 6.07 Å². The number of carbonyl (C=O) groups excluding carboxylic acids is 1. The van der Waals surface area contributed by atoms with Crippen molar-refractivity contribution < 1.29 is 9.18 Å². The van der Waals surface area contributed by atoms with E-state index in [0.29, 0.717) is 31.2 Å². The lowest BCUT2D eigenvalue weighted by atomic mass is 10.1.